The Labute approximate surface area is 102 Å². The molecule has 0 saturated heterocycles. The van der Waals surface area contributed by atoms with Gasteiger partial charge in [-0.15, -0.1) is 0 Å². The van der Waals surface area contributed by atoms with Crippen LogP contribution in [0.5, 0.6) is 0 Å². The van der Waals surface area contributed by atoms with Gasteiger partial charge < -0.3 is 15.2 Å². The van der Waals surface area contributed by atoms with Gasteiger partial charge in [0.2, 0.25) is 0 Å². The Bertz CT molecular complexity index is 325. The Hall–Kier alpha value is -0.980. The van der Waals surface area contributed by atoms with Crippen LogP contribution in [-0.4, -0.2) is 45.7 Å². The third kappa shape index (κ3) is 4.80. The largest absolute Gasteiger partial charge is 0.389 e. The maximum absolute atomic E-state index is 10.0. The summed E-state index contributed by atoms with van der Waals surface area (Å²) in [4.78, 5) is 4.15. The van der Waals surface area contributed by atoms with Gasteiger partial charge >= 0.3 is 0 Å². The second-order valence-corrected chi connectivity index (χ2v) is 4.34. The fourth-order valence-electron chi connectivity index (χ4n) is 1.54. The summed E-state index contributed by atoms with van der Waals surface area (Å²) in [5, 5.41) is 17.3. The van der Waals surface area contributed by atoms with E-state index in [0.29, 0.717) is 26.1 Å². The summed E-state index contributed by atoms with van der Waals surface area (Å²) in [7, 11) is 1.63. The van der Waals surface area contributed by atoms with Crippen LogP contribution in [0.15, 0.2) is 6.33 Å². The van der Waals surface area contributed by atoms with E-state index in [1.807, 2.05) is 11.6 Å². The van der Waals surface area contributed by atoms with Gasteiger partial charge in [0.15, 0.2) is 0 Å². The lowest BCUT2D eigenvalue weighted by Gasteiger charge is -2.23. The maximum Gasteiger partial charge on any atom is 0.140 e. The summed E-state index contributed by atoms with van der Waals surface area (Å²) in [6.07, 6.45) is 2.15. The lowest BCUT2D eigenvalue weighted by atomic mass is 10.0. The number of aliphatic hydroxyl groups is 1. The molecule has 2 N–H and O–H groups in total. The number of hydrogen-bond donors (Lipinski definition) is 2. The number of nitrogens with one attached hydrogen (secondary N) is 1. The van der Waals surface area contributed by atoms with Crippen LogP contribution in [0.2, 0.25) is 0 Å². The summed E-state index contributed by atoms with van der Waals surface area (Å²) >= 11 is 0. The molecule has 0 bridgehead atoms. The molecule has 1 rings (SSSR count). The maximum atomic E-state index is 10.0. The molecule has 6 heteroatoms. The van der Waals surface area contributed by atoms with Crippen molar-refractivity contribution in [2.24, 2.45) is 0 Å². The molecular formula is C11H22N4O2. The summed E-state index contributed by atoms with van der Waals surface area (Å²) in [5.74, 6) is 0.884. The van der Waals surface area contributed by atoms with E-state index in [0.717, 1.165) is 12.4 Å². The highest BCUT2D eigenvalue weighted by Crippen LogP contribution is 2.07. The van der Waals surface area contributed by atoms with Crippen molar-refractivity contribution >= 4 is 0 Å². The number of rotatable bonds is 8. The van der Waals surface area contributed by atoms with E-state index in [1.54, 1.807) is 20.4 Å². The average Bonchev–Trinajstić information content (AvgIpc) is 2.74. The van der Waals surface area contributed by atoms with E-state index in [1.165, 1.54) is 0 Å². The normalized spacial score (nSPS) is 14.8. The third-order valence-electron chi connectivity index (χ3n) is 2.63. The van der Waals surface area contributed by atoms with E-state index in [4.69, 9.17) is 4.74 Å². The average molecular weight is 242 g/mol. The Morgan fingerprint density at radius 3 is 3.00 bits per heavy atom. The molecule has 98 valence electrons. The molecule has 6 nitrogen and oxygen atoms in total. The highest BCUT2D eigenvalue weighted by molar-refractivity contribution is 4.85. The van der Waals surface area contributed by atoms with Gasteiger partial charge in [-0.2, -0.15) is 5.10 Å². The highest BCUT2D eigenvalue weighted by atomic mass is 16.5. The molecule has 0 aliphatic heterocycles. The molecule has 0 aliphatic carbocycles. The van der Waals surface area contributed by atoms with Crippen molar-refractivity contribution in [2.75, 3.05) is 20.3 Å². The first-order valence-electron chi connectivity index (χ1n) is 5.88. The van der Waals surface area contributed by atoms with E-state index >= 15 is 0 Å². The van der Waals surface area contributed by atoms with Crippen molar-refractivity contribution in [1.82, 2.24) is 20.1 Å². The van der Waals surface area contributed by atoms with Gasteiger partial charge in [0.1, 0.15) is 12.2 Å². The Morgan fingerprint density at radius 1 is 1.59 bits per heavy atom. The lowest BCUT2D eigenvalue weighted by molar-refractivity contribution is 0.0246. The zero-order valence-electron chi connectivity index (χ0n) is 10.8. The topological polar surface area (TPSA) is 72.2 Å². The number of methoxy groups -OCH3 is 1. The molecule has 0 fully saturated rings. The Morgan fingerprint density at radius 2 is 2.35 bits per heavy atom. The number of aryl methyl sites for hydroxylation is 1. The number of nitrogens with zero attached hydrogens (tertiary/aromatic N) is 3. The standard InChI is InChI=1S/C11H22N4O2/c1-4-15-10(13-9-14-15)7-12-8-11(2,16)5-6-17-3/h9,12,16H,4-8H2,1-3H3. The van der Waals surface area contributed by atoms with Crippen LogP contribution in [0.25, 0.3) is 0 Å². The van der Waals surface area contributed by atoms with Crippen molar-refractivity contribution in [3.8, 4) is 0 Å². The predicted molar refractivity (Wildman–Crippen MR) is 64.5 cm³/mol. The zero-order valence-corrected chi connectivity index (χ0v) is 10.8. The Kier molecular flexibility index (Phi) is 5.54. The quantitative estimate of drug-likeness (QED) is 0.680. The van der Waals surface area contributed by atoms with Crippen molar-refractivity contribution in [3.63, 3.8) is 0 Å². The van der Waals surface area contributed by atoms with Gasteiger partial charge in [-0.3, -0.25) is 0 Å². The predicted octanol–water partition coefficient (Wildman–Crippen LogP) is 0.175. The van der Waals surface area contributed by atoms with Gasteiger partial charge in [-0.05, 0) is 13.8 Å². The van der Waals surface area contributed by atoms with Crippen LogP contribution in [0.4, 0.5) is 0 Å². The van der Waals surface area contributed by atoms with E-state index in [-0.39, 0.29) is 0 Å². The molecule has 0 aromatic carbocycles. The van der Waals surface area contributed by atoms with Gasteiger partial charge in [0.25, 0.3) is 0 Å². The van der Waals surface area contributed by atoms with Crippen LogP contribution >= 0.6 is 0 Å². The second kappa shape index (κ2) is 6.68. The van der Waals surface area contributed by atoms with Gasteiger partial charge in [0, 0.05) is 33.2 Å². The Balaban J connectivity index is 2.32. The van der Waals surface area contributed by atoms with Gasteiger partial charge in [-0.25, -0.2) is 9.67 Å². The molecule has 1 atom stereocenters. The molecule has 0 saturated carbocycles. The SMILES string of the molecule is CCn1ncnc1CNCC(C)(O)CCOC. The monoisotopic (exact) mass is 242 g/mol. The number of ether oxygens (including phenoxy) is 1. The molecule has 1 heterocycles. The lowest BCUT2D eigenvalue weighted by Crippen LogP contribution is -2.38. The molecular weight excluding hydrogens is 220 g/mol. The van der Waals surface area contributed by atoms with Crippen LogP contribution in [0.3, 0.4) is 0 Å². The molecule has 1 aromatic rings. The first-order valence-corrected chi connectivity index (χ1v) is 5.88. The van der Waals surface area contributed by atoms with Crippen LogP contribution in [0.1, 0.15) is 26.1 Å². The van der Waals surface area contributed by atoms with Crippen molar-refractivity contribution in [1.29, 1.82) is 0 Å². The first kappa shape index (κ1) is 14.1. The van der Waals surface area contributed by atoms with Crippen LogP contribution in [-0.2, 0) is 17.8 Å². The van der Waals surface area contributed by atoms with E-state index in [2.05, 4.69) is 15.4 Å². The molecule has 0 spiro atoms. The van der Waals surface area contributed by atoms with E-state index < -0.39 is 5.60 Å². The fourth-order valence-corrected chi connectivity index (χ4v) is 1.54. The minimum Gasteiger partial charge on any atom is -0.389 e. The molecule has 0 radical (unpaired) electrons. The third-order valence-corrected chi connectivity index (χ3v) is 2.63. The first-order chi connectivity index (χ1) is 8.09. The summed E-state index contributed by atoms with van der Waals surface area (Å²) < 4.78 is 6.78. The van der Waals surface area contributed by atoms with Gasteiger partial charge in [-0.1, -0.05) is 0 Å². The minimum atomic E-state index is -0.757. The summed E-state index contributed by atoms with van der Waals surface area (Å²) in [6.45, 7) is 6.29. The van der Waals surface area contributed by atoms with Gasteiger partial charge in [0.05, 0.1) is 12.1 Å². The van der Waals surface area contributed by atoms with Crippen molar-refractivity contribution in [3.05, 3.63) is 12.2 Å². The molecule has 1 aromatic heterocycles. The zero-order chi connectivity index (χ0) is 12.7. The smallest absolute Gasteiger partial charge is 0.140 e. The van der Waals surface area contributed by atoms with Crippen LogP contribution in [0, 0.1) is 0 Å². The number of hydrogen-bond acceptors (Lipinski definition) is 5. The molecule has 17 heavy (non-hydrogen) atoms. The molecule has 0 amide bonds. The number of aromatic nitrogens is 3. The van der Waals surface area contributed by atoms with Crippen LogP contribution < -0.4 is 5.32 Å². The summed E-state index contributed by atoms with van der Waals surface area (Å²) in [6, 6.07) is 0. The van der Waals surface area contributed by atoms with E-state index in [9.17, 15) is 5.11 Å². The fraction of sp³-hybridized carbons (Fsp3) is 0.818. The molecule has 0 aliphatic rings. The second-order valence-electron chi connectivity index (χ2n) is 4.34. The van der Waals surface area contributed by atoms with Crippen molar-refractivity contribution < 1.29 is 9.84 Å². The summed E-state index contributed by atoms with van der Waals surface area (Å²) in [5.41, 5.74) is -0.757. The van der Waals surface area contributed by atoms with Crippen molar-refractivity contribution in [2.45, 2.75) is 39.0 Å². The molecule has 1 unspecified atom stereocenters. The highest BCUT2D eigenvalue weighted by Gasteiger charge is 2.19. The minimum absolute atomic E-state index is 0.507.